The van der Waals surface area contributed by atoms with Crippen LogP contribution in [0, 0.1) is 0 Å². The number of carbonyl (C=O) groups is 2. The molecule has 4 heteroatoms. The summed E-state index contributed by atoms with van der Waals surface area (Å²) in [6.45, 7) is 1.46. The molecule has 0 unspecified atom stereocenters. The van der Waals surface area contributed by atoms with E-state index in [2.05, 4.69) is 6.26 Å². The molecule has 1 rings (SSSR count). The van der Waals surface area contributed by atoms with Crippen LogP contribution in [0.15, 0.2) is 0 Å². The molecule has 0 radical (unpaired) electrons. The van der Waals surface area contributed by atoms with Gasteiger partial charge in [-0.3, -0.25) is 9.59 Å². The third kappa shape index (κ3) is 3.70. The number of nitrogens with zero attached hydrogens (tertiary/aromatic N) is 1. The number of hydrogen-bond acceptors (Lipinski definition) is 3. The summed E-state index contributed by atoms with van der Waals surface area (Å²) in [5, 5.41) is 0. The average Bonchev–Trinajstić information content (AvgIpc) is 2.15. The molecule has 1 saturated heterocycles. The molecule has 1 amide bonds. The van der Waals surface area contributed by atoms with Gasteiger partial charge in [0.15, 0.2) is 0 Å². The van der Waals surface area contributed by atoms with E-state index in [1.165, 1.54) is 0 Å². The fraction of sp³-hybridized carbons (Fsp3) is 0.800. The van der Waals surface area contributed by atoms with Crippen LogP contribution in [-0.2, 0) is 9.59 Å². The predicted molar refractivity (Wildman–Crippen MR) is 58.4 cm³/mol. The Hall–Kier alpha value is -0.510. The number of Topliss-reactive ketones (excluding diaryl/α,β-unsaturated/α-hetero) is 1. The summed E-state index contributed by atoms with van der Waals surface area (Å²) in [5.41, 5.74) is 0. The molecule has 0 spiro atoms. The minimum Gasteiger partial charge on any atom is -0.342 e. The van der Waals surface area contributed by atoms with Crippen molar-refractivity contribution in [2.24, 2.45) is 0 Å². The Bertz CT molecular complexity index is 218. The van der Waals surface area contributed by atoms with Crippen LogP contribution in [0.2, 0.25) is 0 Å². The van der Waals surface area contributed by atoms with E-state index in [1.54, 1.807) is 0 Å². The standard InChI is InChI=1S/C10H17NO2S/c1-14-7-3-2-5-11-6-4-9(12)8-10(11)13/h2-8H2,1H3. The average molecular weight is 215 g/mol. The van der Waals surface area contributed by atoms with Crippen molar-refractivity contribution in [1.82, 2.24) is 4.90 Å². The summed E-state index contributed by atoms with van der Waals surface area (Å²) < 4.78 is 0. The van der Waals surface area contributed by atoms with E-state index < -0.39 is 0 Å². The van der Waals surface area contributed by atoms with Crippen LogP contribution < -0.4 is 0 Å². The largest absolute Gasteiger partial charge is 0.342 e. The molecule has 1 aliphatic heterocycles. The summed E-state index contributed by atoms with van der Waals surface area (Å²) in [7, 11) is 0. The van der Waals surface area contributed by atoms with Gasteiger partial charge in [0.05, 0.1) is 6.42 Å². The van der Waals surface area contributed by atoms with Gasteiger partial charge >= 0.3 is 0 Å². The van der Waals surface area contributed by atoms with Crippen molar-refractivity contribution in [2.75, 3.05) is 25.1 Å². The summed E-state index contributed by atoms with van der Waals surface area (Å²) in [6.07, 6.45) is 4.97. The van der Waals surface area contributed by atoms with Crippen molar-refractivity contribution in [2.45, 2.75) is 25.7 Å². The van der Waals surface area contributed by atoms with E-state index in [0.29, 0.717) is 13.0 Å². The maximum atomic E-state index is 11.4. The molecule has 0 aromatic heterocycles. The number of ketones is 1. The highest BCUT2D eigenvalue weighted by Gasteiger charge is 2.22. The highest BCUT2D eigenvalue weighted by molar-refractivity contribution is 7.98. The van der Waals surface area contributed by atoms with E-state index >= 15 is 0 Å². The second kappa shape index (κ2) is 6.06. The van der Waals surface area contributed by atoms with Crippen LogP contribution in [-0.4, -0.2) is 41.7 Å². The fourth-order valence-electron chi connectivity index (χ4n) is 1.54. The number of unbranched alkanes of at least 4 members (excludes halogenated alkanes) is 1. The second-order valence-corrected chi connectivity index (χ2v) is 4.53. The minimum absolute atomic E-state index is 0.0189. The first-order valence-corrected chi connectivity index (χ1v) is 6.42. The molecule has 0 aromatic rings. The molecule has 3 nitrogen and oxygen atoms in total. The molecule has 0 aromatic carbocycles. The predicted octanol–water partition coefficient (Wildman–Crippen LogP) is 1.32. The molecule has 0 aliphatic carbocycles. The molecule has 14 heavy (non-hydrogen) atoms. The van der Waals surface area contributed by atoms with Gasteiger partial charge < -0.3 is 4.90 Å². The summed E-state index contributed by atoms with van der Waals surface area (Å²) >= 11 is 1.83. The monoisotopic (exact) mass is 215 g/mol. The number of amides is 1. The van der Waals surface area contributed by atoms with Gasteiger partial charge in [-0.15, -0.1) is 0 Å². The number of likely N-dealkylation sites (tertiary alicyclic amines) is 1. The van der Waals surface area contributed by atoms with Crippen LogP contribution >= 0.6 is 11.8 Å². The lowest BCUT2D eigenvalue weighted by Crippen LogP contribution is -2.39. The van der Waals surface area contributed by atoms with E-state index in [-0.39, 0.29) is 18.1 Å². The SMILES string of the molecule is CSCCCCN1CCC(=O)CC1=O. The summed E-state index contributed by atoms with van der Waals surface area (Å²) in [4.78, 5) is 24.1. The van der Waals surface area contributed by atoms with E-state index in [1.807, 2.05) is 16.7 Å². The summed E-state index contributed by atoms with van der Waals surface area (Å²) in [5.74, 6) is 1.27. The highest BCUT2D eigenvalue weighted by atomic mass is 32.2. The number of thioether (sulfide) groups is 1. The zero-order valence-electron chi connectivity index (χ0n) is 8.62. The van der Waals surface area contributed by atoms with Crippen molar-refractivity contribution >= 4 is 23.5 Å². The zero-order valence-corrected chi connectivity index (χ0v) is 9.44. The van der Waals surface area contributed by atoms with Crippen LogP contribution in [0.4, 0.5) is 0 Å². The number of piperidine rings is 1. The first-order chi connectivity index (χ1) is 6.74. The Morgan fingerprint density at radius 3 is 2.79 bits per heavy atom. The molecule has 0 bridgehead atoms. The van der Waals surface area contributed by atoms with Crippen LogP contribution in [0.1, 0.15) is 25.7 Å². The smallest absolute Gasteiger partial charge is 0.230 e. The molecule has 0 saturated carbocycles. The van der Waals surface area contributed by atoms with Gasteiger partial charge in [0, 0.05) is 19.5 Å². The lowest BCUT2D eigenvalue weighted by atomic mass is 10.1. The molecular formula is C10H17NO2S. The second-order valence-electron chi connectivity index (χ2n) is 3.55. The number of rotatable bonds is 5. The van der Waals surface area contributed by atoms with E-state index in [0.717, 1.165) is 25.1 Å². The van der Waals surface area contributed by atoms with Gasteiger partial charge in [0.2, 0.25) is 5.91 Å². The molecule has 0 atom stereocenters. The third-order valence-corrected chi connectivity index (χ3v) is 3.09. The van der Waals surface area contributed by atoms with Gasteiger partial charge in [0.1, 0.15) is 5.78 Å². The van der Waals surface area contributed by atoms with Crippen molar-refractivity contribution in [3.05, 3.63) is 0 Å². The van der Waals surface area contributed by atoms with Crippen LogP contribution in [0.5, 0.6) is 0 Å². The number of carbonyl (C=O) groups excluding carboxylic acids is 2. The summed E-state index contributed by atoms with van der Waals surface area (Å²) in [6, 6.07) is 0. The molecule has 0 N–H and O–H groups in total. The van der Waals surface area contributed by atoms with Crippen molar-refractivity contribution in [1.29, 1.82) is 0 Å². The zero-order chi connectivity index (χ0) is 10.4. The Labute approximate surface area is 89.2 Å². The molecule has 1 aliphatic rings. The number of hydrogen-bond donors (Lipinski definition) is 0. The Balaban J connectivity index is 2.17. The molecule has 1 heterocycles. The fourth-order valence-corrected chi connectivity index (χ4v) is 2.03. The lowest BCUT2D eigenvalue weighted by molar-refractivity contribution is -0.139. The van der Waals surface area contributed by atoms with Crippen molar-refractivity contribution in [3.8, 4) is 0 Å². The Morgan fingerprint density at radius 2 is 2.14 bits per heavy atom. The Morgan fingerprint density at radius 1 is 1.36 bits per heavy atom. The molecular weight excluding hydrogens is 198 g/mol. The third-order valence-electron chi connectivity index (χ3n) is 2.39. The van der Waals surface area contributed by atoms with Gasteiger partial charge in [-0.05, 0) is 24.9 Å². The minimum atomic E-state index is 0.0189. The van der Waals surface area contributed by atoms with Crippen LogP contribution in [0.25, 0.3) is 0 Å². The van der Waals surface area contributed by atoms with Crippen molar-refractivity contribution < 1.29 is 9.59 Å². The lowest BCUT2D eigenvalue weighted by Gasteiger charge is -2.25. The molecule has 80 valence electrons. The highest BCUT2D eigenvalue weighted by Crippen LogP contribution is 2.09. The van der Waals surface area contributed by atoms with Crippen molar-refractivity contribution in [3.63, 3.8) is 0 Å². The first-order valence-electron chi connectivity index (χ1n) is 5.02. The van der Waals surface area contributed by atoms with E-state index in [4.69, 9.17) is 0 Å². The normalized spacial score (nSPS) is 17.6. The van der Waals surface area contributed by atoms with Crippen LogP contribution in [0.3, 0.4) is 0 Å². The van der Waals surface area contributed by atoms with Gasteiger partial charge in [-0.25, -0.2) is 0 Å². The topological polar surface area (TPSA) is 37.4 Å². The molecule has 1 fully saturated rings. The Kier molecular flexibility index (Phi) is 5.01. The maximum Gasteiger partial charge on any atom is 0.230 e. The van der Waals surface area contributed by atoms with E-state index in [9.17, 15) is 9.59 Å². The quantitative estimate of drug-likeness (QED) is 0.513. The maximum absolute atomic E-state index is 11.4. The van der Waals surface area contributed by atoms with Gasteiger partial charge in [0.25, 0.3) is 0 Å². The van der Waals surface area contributed by atoms with Gasteiger partial charge in [-0.2, -0.15) is 11.8 Å². The first kappa shape index (κ1) is 11.6. The van der Waals surface area contributed by atoms with Gasteiger partial charge in [-0.1, -0.05) is 0 Å².